The number of piperidine rings is 3. The molecule has 0 aromatic rings. The van der Waals surface area contributed by atoms with Gasteiger partial charge < -0.3 is 5.73 Å². The molecular weight excluding hydrogens is 124 g/mol. The number of nitrogens with two attached hydrogens (primary N) is 1. The summed E-state index contributed by atoms with van der Waals surface area (Å²) in [6.45, 7) is 4.78. The van der Waals surface area contributed by atoms with Crippen molar-refractivity contribution < 1.29 is 0 Å². The molecule has 0 saturated carbocycles. The van der Waals surface area contributed by atoms with E-state index in [4.69, 9.17) is 5.73 Å². The Bertz CT molecular complexity index is 107. The molecule has 0 amide bonds. The summed E-state index contributed by atoms with van der Waals surface area (Å²) in [5.74, 6) is 1.67. The molecule has 58 valence electrons. The Hall–Kier alpha value is -0.0800. The van der Waals surface area contributed by atoms with Crippen molar-refractivity contribution >= 4 is 0 Å². The summed E-state index contributed by atoms with van der Waals surface area (Å²) in [6, 6.07) is 0. The number of fused-ring (bicyclic) bond motifs is 3. The third-order valence-electron chi connectivity index (χ3n) is 3.28. The number of rotatable bonds is 0. The summed E-state index contributed by atoms with van der Waals surface area (Å²) in [5, 5.41) is 0. The number of hydrogen-bond acceptors (Lipinski definition) is 2. The lowest BCUT2D eigenvalue weighted by Gasteiger charge is -2.48. The van der Waals surface area contributed by atoms with E-state index in [0.29, 0.717) is 6.17 Å². The molecule has 3 fully saturated rings. The van der Waals surface area contributed by atoms with Crippen LogP contribution < -0.4 is 5.73 Å². The summed E-state index contributed by atoms with van der Waals surface area (Å²) in [4.78, 5) is 2.42. The normalized spacial score (nSPS) is 53.4. The first-order valence-corrected chi connectivity index (χ1v) is 4.28. The molecule has 0 aromatic carbocycles. The van der Waals surface area contributed by atoms with Gasteiger partial charge in [0.05, 0.1) is 6.17 Å². The minimum atomic E-state index is 0.368. The maximum absolute atomic E-state index is 5.99. The molecule has 3 heterocycles. The zero-order valence-corrected chi connectivity index (χ0v) is 6.59. The maximum Gasteiger partial charge on any atom is 0.0600 e. The van der Waals surface area contributed by atoms with Crippen LogP contribution in [0.25, 0.3) is 0 Å². The minimum Gasteiger partial charge on any atom is -0.315 e. The highest BCUT2D eigenvalue weighted by molar-refractivity contribution is 4.89. The first-order valence-electron chi connectivity index (χ1n) is 4.28. The van der Waals surface area contributed by atoms with E-state index in [2.05, 4.69) is 11.8 Å². The van der Waals surface area contributed by atoms with Crippen LogP contribution in [0.5, 0.6) is 0 Å². The highest BCUT2D eigenvalue weighted by Crippen LogP contribution is 2.34. The summed E-state index contributed by atoms with van der Waals surface area (Å²) < 4.78 is 0. The van der Waals surface area contributed by atoms with E-state index in [1.165, 1.54) is 25.9 Å². The monoisotopic (exact) mass is 140 g/mol. The van der Waals surface area contributed by atoms with E-state index in [1.54, 1.807) is 0 Å². The van der Waals surface area contributed by atoms with E-state index >= 15 is 0 Å². The number of hydrogen-bond donors (Lipinski definition) is 1. The molecule has 2 N–H and O–H groups in total. The molecule has 0 aliphatic carbocycles. The van der Waals surface area contributed by atoms with Gasteiger partial charge in [-0.15, -0.1) is 0 Å². The van der Waals surface area contributed by atoms with Gasteiger partial charge >= 0.3 is 0 Å². The maximum atomic E-state index is 5.99. The van der Waals surface area contributed by atoms with Crippen molar-refractivity contribution in [3.63, 3.8) is 0 Å². The summed E-state index contributed by atoms with van der Waals surface area (Å²) in [7, 11) is 0. The molecule has 2 bridgehead atoms. The molecule has 0 spiro atoms. The van der Waals surface area contributed by atoms with Crippen molar-refractivity contribution in [2.75, 3.05) is 13.1 Å². The zero-order valence-electron chi connectivity index (χ0n) is 6.59. The largest absolute Gasteiger partial charge is 0.315 e. The lowest BCUT2D eigenvalue weighted by molar-refractivity contribution is 0.00181. The molecule has 2 atom stereocenters. The van der Waals surface area contributed by atoms with Gasteiger partial charge in [0.25, 0.3) is 0 Å². The average molecular weight is 140 g/mol. The van der Waals surface area contributed by atoms with Crippen molar-refractivity contribution in [1.29, 1.82) is 0 Å². The predicted molar refractivity (Wildman–Crippen MR) is 41.4 cm³/mol. The van der Waals surface area contributed by atoms with Gasteiger partial charge in [-0.3, -0.25) is 4.90 Å². The Morgan fingerprint density at radius 3 is 2.20 bits per heavy atom. The van der Waals surface area contributed by atoms with Crippen LogP contribution in [-0.2, 0) is 0 Å². The van der Waals surface area contributed by atoms with Crippen LogP contribution in [0, 0.1) is 11.8 Å². The molecule has 2 nitrogen and oxygen atoms in total. The summed E-state index contributed by atoms with van der Waals surface area (Å²) >= 11 is 0. The lowest BCUT2D eigenvalue weighted by Crippen LogP contribution is -2.57. The molecule has 3 saturated heterocycles. The zero-order chi connectivity index (χ0) is 7.14. The van der Waals surface area contributed by atoms with Crippen LogP contribution in [0.3, 0.4) is 0 Å². The quantitative estimate of drug-likeness (QED) is 0.535. The van der Waals surface area contributed by atoms with Crippen molar-refractivity contribution in [3.8, 4) is 0 Å². The molecule has 2 heteroatoms. The average Bonchev–Trinajstić information content (AvgIpc) is 2.00. The highest BCUT2D eigenvalue weighted by atomic mass is 15.2. The Labute approximate surface area is 62.4 Å². The van der Waals surface area contributed by atoms with Gasteiger partial charge in [0.1, 0.15) is 0 Å². The van der Waals surface area contributed by atoms with E-state index in [1.807, 2.05) is 0 Å². The smallest absolute Gasteiger partial charge is 0.0600 e. The van der Waals surface area contributed by atoms with Crippen molar-refractivity contribution in [2.45, 2.75) is 25.9 Å². The molecule has 0 aromatic heterocycles. The van der Waals surface area contributed by atoms with Crippen LogP contribution in [0.4, 0.5) is 0 Å². The van der Waals surface area contributed by atoms with Gasteiger partial charge in [-0.2, -0.15) is 0 Å². The molecule has 10 heavy (non-hydrogen) atoms. The lowest BCUT2D eigenvalue weighted by atomic mass is 9.78. The number of nitrogens with zero attached hydrogens (tertiary/aromatic N) is 1. The second-order valence-corrected chi connectivity index (χ2v) is 3.72. The van der Waals surface area contributed by atoms with Crippen molar-refractivity contribution in [1.82, 2.24) is 4.90 Å². The molecular formula is C8H16N2. The van der Waals surface area contributed by atoms with Gasteiger partial charge in [0.2, 0.25) is 0 Å². The van der Waals surface area contributed by atoms with Gasteiger partial charge in [-0.1, -0.05) is 6.92 Å². The Balaban J connectivity index is 2.13. The molecule has 0 radical (unpaired) electrons. The summed E-state index contributed by atoms with van der Waals surface area (Å²) in [5.41, 5.74) is 5.99. The topological polar surface area (TPSA) is 29.3 Å². The van der Waals surface area contributed by atoms with E-state index < -0.39 is 0 Å². The standard InChI is InChI=1S/C8H16N2/c1-6-7-2-4-10(5-3-7)8(6)9/h6-8H,2-5,9H2,1H3. The fourth-order valence-corrected chi connectivity index (χ4v) is 2.35. The summed E-state index contributed by atoms with van der Waals surface area (Å²) in [6.07, 6.45) is 3.14. The van der Waals surface area contributed by atoms with Gasteiger partial charge in [0.15, 0.2) is 0 Å². The second kappa shape index (κ2) is 2.21. The third kappa shape index (κ3) is 0.789. The van der Waals surface area contributed by atoms with Crippen molar-refractivity contribution in [2.24, 2.45) is 17.6 Å². The predicted octanol–water partition coefficient (Wildman–Crippen LogP) is 0.633. The van der Waals surface area contributed by atoms with Crippen molar-refractivity contribution in [3.05, 3.63) is 0 Å². The molecule has 3 rings (SSSR count). The fourth-order valence-electron chi connectivity index (χ4n) is 2.35. The SMILES string of the molecule is CC1C2CCN(CC2)C1N. The van der Waals surface area contributed by atoms with E-state index in [9.17, 15) is 0 Å². The fraction of sp³-hybridized carbons (Fsp3) is 1.00. The third-order valence-corrected chi connectivity index (χ3v) is 3.28. The molecule has 3 aliphatic rings. The van der Waals surface area contributed by atoms with E-state index in [-0.39, 0.29) is 0 Å². The Kier molecular flexibility index (Phi) is 1.46. The van der Waals surface area contributed by atoms with Crippen LogP contribution in [0.2, 0.25) is 0 Å². The van der Waals surface area contributed by atoms with Crippen LogP contribution in [0.15, 0.2) is 0 Å². The first kappa shape index (κ1) is 6.62. The minimum absolute atomic E-state index is 0.368. The van der Waals surface area contributed by atoms with Crippen LogP contribution in [0.1, 0.15) is 19.8 Å². The second-order valence-electron chi connectivity index (χ2n) is 3.72. The highest BCUT2D eigenvalue weighted by Gasteiger charge is 2.37. The molecule has 3 aliphatic heterocycles. The van der Waals surface area contributed by atoms with Crippen LogP contribution >= 0.6 is 0 Å². The Morgan fingerprint density at radius 2 is 1.90 bits per heavy atom. The van der Waals surface area contributed by atoms with Crippen LogP contribution in [-0.4, -0.2) is 24.2 Å². The van der Waals surface area contributed by atoms with Gasteiger partial charge in [-0.25, -0.2) is 0 Å². The first-order chi connectivity index (χ1) is 4.79. The van der Waals surface area contributed by atoms with E-state index in [0.717, 1.165) is 11.8 Å². The Morgan fingerprint density at radius 1 is 1.30 bits per heavy atom. The van der Waals surface area contributed by atoms with Gasteiger partial charge in [-0.05, 0) is 37.8 Å². The van der Waals surface area contributed by atoms with Gasteiger partial charge in [0, 0.05) is 0 Å². The molecule has 2 unspecified atom stereocenters.